The highest BCUT2D eigenvalue weighted by Crippen LogP contribution is 2.32. The molecule has 0 aromatic heterocycles. The van der Waals surface area contributed by atoms with Gasteiger partial charge in [-0.25, -0.2) is 8.42 Å². The van der Waals surface area contributed by atoms with Crippen LogP contribution in [0.4, 0.5) is 24.5 Å². The number of rotatable bonds is 9. The van der Waals surface area contributed by atoms with Gasteiger partial charge in [-0.1, -0.05) is 31.5 Å². The minimum Gasteiger partial charge on any atom is -0.352 e. The molecule has 0 saturated carbocycles. The first-order valence-corrected chi connectivity index (χ1v) is 11.6. The largest absolute Gasteiger partial charge is 0.416 e. The lowest BCUT2D eigenvalue weighted by Gasteiger charge is -2.23. The fourth-order valence-corrected chi connectivity index (χ4v) is 3.67. The van der Waals surface area contributed by atoms with Gasteiger partial charge in [0.05, 0.1) is 28.8 Å². The summed E-state index contributed by atoms with van der Waals surface area (Å²) in [5.41, 5.74) is -1.01. The fourth-order valence-electron chi connectivity index (χ4n) is 2.82. The van der Waals surface area contributed by atoms with E-state index in [0.717, 1.165) is 31.2 Å². The van der Waals surface area contributed by atoms with Crippen LogP contribution in [0.25, 0.3) is 0 Å². The van der Waals surface area contributed by atoms with E-state index in [1.807, 2.05) is 6.92 Å². The van der Waals surface area contributed by atoms with Crippen molar-refractivity contribution in [2.24, 2.45) is 0 Å². The molecule has 0 fully saturated rings. The molecule has 174 valence electrons. The molecule has 0 aliphatic carbocycles. The molecule has 2 rings (SSSR count). The summed E-state index contributed by atoms with van der Waals surface area (Å²) in [5.74, 6) is -1.23. The molecular formula is C21H24F3N3O4S. The maximum atomic E-state index is 13.0. The third-order valence-corrected chi connectivity index (χ3v) is 5.55. The van der Waals surface area contributed by atoms with Gasteiger partial charge in [0.15, 0.2) is 0 Å². The molecular weight excluding hydrogens is 447 g/mol. The predicted octanol–water partition coefficient (Wildman–Crippen LogP) is 3.64. The normalized spacial score (nSPS) is 11.7. The Morgan fingerprint density at radius 3 is 2.38 bits per heavy atom. The van der Waals surface area contributed by atoms with Crippen molar-refractivity contribution in [3.05, 3.63) is 59.7 Å². The lowest BCUT2D eigenvalue weighted by atomic mass is 10.1. The number of nitrogens with one attached hydrogen (secondary N) is 2. The topological polar surface area (TPSA) is 95.6 Å². The first-order chi connectivity index (χ1) is 14.9. The smallest absolute Gasteiger partial charge is 0.352 e. The highest BCUT2D eigenvalue weighted by atomic mass is 32.2. The monoisotopic (exact) mass is 471 g/mol. The molecule has 0 aliphatic heterocycles. The molecule has 2 aromatic rings. The number of unbranched alkanes of at least 4 members (excludes halogenated alkanes) is 1. The molecule has 2 N–H and O–H groups in total. The van der Waals surface area contributed by atoms with Crippen molar-refractivity contribution in [2.75, 3.05) is 29.0 Å². The van der Waals surface area contributed by atoms with Crippen LogP contribution in [-0.4, -0.2) is 39.6 Å². The van der Waals surface area contributed by atoms with Crippen LogP contribution in [0.15, 0.2) is 48.5 Å². The number of halogens is 3. The minimum atomic E-state index is -4.68. The van der Waals surface area contributed by atoms with E-state index in [0.29, 0.717) is 16.9 Å². The second-order valence-corrected chi connectivity index (χ2v) is 8.93. The number of nitrogens with zero attached hydrogens (tertiary/aromatic N) is 1. The number of hydrogen-bond donors (Lipinski definition) is 2. The summed E-state index contributed by atoms with van der Waals surface area (Å²) in [6, 6.07) is 9.85. The van der Waals surface area contributed by atoms with E-state index in [1.165, 1.54) is 18.2 Å². The van der Waals surface area contributed by atoms with Crippen LogP contribution in [0.5, 0.6) is 0 Å². The van der Waals surface area contributed by atoms with Crippen LogP contribution in [0.3, 0.4) is 0 Å². The number of anilines is 2. The Kier molecular flexibility index (Phi) is 8.25. The Morgan fingerprint density at radius 2 is 1.75 bits per heavy atom. The third-order valence-electron chi connectivity index (χ3n) is 4.41. The third kappa shape index (κ3) is 6.98. The van der Waals surface area contributed by atoms with E-state index >= 15 is 0 Å². The summed E-state index contributed by atoms with van der Waals surface area (Å²) in [5, 5.41) is 5.19. The summed E-state index contributed by atoms with van der Waals surface area (Å²) in [7, 11) is -4.08. The second-order valence-electron chi connectivity index (χ2n) is 7.02. The molecule has 0 aliphatic rings. The van der Waals surface area contributed by atoms with Crippen molar-refractivity contribution in [3.8, 4) is 0 Å². The van der Waals surface area contributed by atoms with Gasteiger partial charge in [-0.2, -0.15) is 13.2 Å². The van der Waals surface area contributed by atoms with Gasteiger partial charge in [-0.3, -0.25) is 13.9 Å². The molecule has 2 amide bonds. The van der Waals surface area contributed by atoms with E-state index in [4.69, 9.17) is 0 Å². The molecule has 2 aromatic carbocycles. The van der Waals surface area contributed by atoms with Crippen LogP contribution in [0.2, 0.25) is 0 Å². The van der Waals surface area contributed by atoms with Crippen LogP contribution in [0, 0.1) is 0 Å². The van der Waals surface area contributed by atoms with E-state index in [-0.39, 0.29) is 16.9 Å². The highest BCUT2D eigenvalue weighted by molar-refractivity contribution is 7.92. The zero-order chi connectivity index (χ0) is 23.9. The van der Waals surface area contributed by atoms with Crippen molar-refractivity contribution in [1.82, 2.24) is 5.32 Å². The SMILES string of the molecule is CCCCNC(=O)c1ccccc1NC(=O)CN(c1cccc(C(F)(F)F)c1)S(C)(=O)=O. The minimum absolute atomic E-state index is 0.156. The van der Waals surface area contributed by atoms with Crippen molar-refractivity contribution >= 4 is 33.2 Å². The van der Waals surface area contributed by atoms with Crippen molar-refractivity contribution < 1.29 is 31.2 Å². The van der Waals surface area contributed by atoms with Crippen molar-refractivity contribution in [1.29, 1.82) is 0 Å². The number of benzene rings is 2. The van der Waals surface area contributed by atoms with Crippen molar-refractivity contribution in [2.45, 2.75) is 25.9 Å². The lowest BCUT2D eigenvalue weighted by molar-refractivity contribution is -0.137. The summed E-state index contributed by atoms with van der Waals surface area (Å²) in [6.45, 7) is 1.65. The zero-order valence-corrected chi connectivity index (χ0v) is 18.4. The number of alkyl halides is 3. The van der Waals surface area contributed by atoms with Crippen LogP contribution in [-0.2, 0) is 21.0 Å². The molecule has 0 bridgehead atoms. The Morgan fingerprint density at radius 1 is 1.06 bits per heavy atom. The first kappa shape index (κ1) is 25.2. The molecule has 0 atom stereocenters. The van der Waals surface area contributed by atoms with Gasteiger partial charge in [0.1, 0.15) is 6.54 Å². The van der Waals surface area contributed by atoms with Gasteiger partial charge < -0.3 is 10.6 Å². The van der Waals surface area contributed by atoms with E-state index in [9.17, 15) is 31.2 Å². The predicted molar refractivity (Wildman–Crippen MR) is 116 cm³/mol. The van der Waals surface area contributed by atoms with Gasteiger partial charge in [-0.05, 0) is 36.8 Å². The first-order valence-electron chi connectivity index (χ1n) is 9.75. The number of hydrogen-bond acceptors (Lipinski definition) is 4. The number of carbonyl (C=O) groups excluding carboxylic acids is 2. The summed E-state index contributed by atoms with van der Waals surface area (Å²) >= 11 is 0. The van der Waals surface area contributed by atoms with E-state index < -0.39 is 40.1 Å². The molecule has 0 spiro atoms. The summed E-state index contributed by atoms with van der Waals surface area (Å²) in [6.07, 6.45) is -2.22. The summed E-state index contributed by atoms with van der Waals surface area (Å²) < 4.78 is 64.0. The molecule has 0 unspecified atom stereocenters. The van der Waals surface area contributed by atoms with Crippen LogP contribution >= 0.6 is 0 Å². The van der Waals surface area contributed by atoms with E-state index in [1.54, 1.807) is 12.1 Å². The Bertz CT molecular complexity index is 1070. The highest BCUT2D eigenvalue weighted by Gasteiger charge is 2.32. The van der Waals surface area contributed by atoms with Gasteiger partial charge >= 0.3 is 6.18 Å². The molecule has 32 heavy (non-hydrogen) atoms. The molecule has 0 radical (unpaired) electrons. The number of sulfonamides is 1. The standard InChI is InChI=1S/C21H24F3N3O4S/c1-3-4-12-25-20(29)17-10-5-6-11-18(17)26-19(28)14-27(32(2,30)31)16-9-7-8-15(13-16)21(22,23)24/h5-11,13H,3-4,12,14H2,1-2H3,(H,25,29)(H,26,28). The van der Waals surface area contributed by atoms with Gasteiger partial charge in [0, 0.05) is 6.54 Å². The summed E-state index contributed by atoms with van der Waals surface area (Å²) in [4.78, 5) is 25.0. The Hall–Kier alpha value is -3.08. The molecule has 0 saturated heterocycles. The Labute approximate surface area is 184 Å². The quantitative estimate of drug-likeness (QED) is 0.546. The van der Waals surface area contributed by atoms with Crippen LogP contribution < -0.4 is 14.9 Å². The zero-order valence-electron chi connectivity index (χ0n) is 17.6. The number of carbonyl (C=O) groups is 2. The number of amides is 2. The molecule has 7 nitrogen and oxygen atoms in total. The lowest BCUT2D eigenvalue weighted by Crippen LogP contribution is -2.38. The molecule has 0 heterocycles. The average Bonchev–Trinajstić information content (AvgIpc) is 2.71. The maximum absolute atomic E-state index is 13.0. The second kappa shape index (κ2) is 10.5. The average molecular weight is 472 g/mol. The van der Waals surface area contributed by atoms with Crippen molar-refractivity contribution in [3.63, 3.8) is 0 Å². The molecule has 11 heteroatoms. The number of para-hydroxylation sites is 1. The van der Waals surface area contributed by atoms with Gasteiger partial charge in [0.2, 0.25) is 15.9 Å². The van der Waals surface area contributed by atoms with Gasteiger partial charge in [-0.15, -0.1) is 0 Å². The van der Waals surface area contributed by atoms with Crippen LogP contribution in [0.1, 0.15) is 35.7 Å². The maximum Gasteiger partial charge on any atom is 0.416 e. The van der Waals surface area contributed by atoms with E-state index in [2.05, 4.69) is 10.6 Å². The fraction of sp³-hybridized carbons (Fsp3) is 0.333. The van der Waals surface area contributed by atoms with Gasteiger partial charge in [0.25, 0.3) is 5.91 Å². The Balaban J connectivity index is 2.24.